The number of amides is 1. The normalized spacial score (nSPS) is 11.9. The van der Waals surface area contributed by atoms with Gasteiger partial charge in [-0.2, -0.15) is 0 Å². The molecule has 5 heteroatoms. The van der Waals surface area contributed by atoms with Crippen molar-refractivity contribution in [2.24, 2.45) is 0 Å². The van der Waals surface area contributed by atoms with E-state index in [-0.39, 0.29) is 12.5 Å². The van der Waals surface area contributed by atoms with Gasteiger partial charge in [0.05, 0.1) is 0 Å². The van der Waals surface area contributed by atoms with Crippen molar-refractivity contribution in [2.45, 2.75) is 32.8 Å². The molecule has 5 nitrogen and oxygen atoms in total. The predicted octanol–water partition coefficient (Wildman–Crippen LogP) is 2.07. The maximum atomic E-state index is 11.5. The van der Waals surface area contributed by atoms with Crippen molar-refractivity contribution in [1.82, 2.24) is 0 Å². The van der Waals surface area contributed by atoms with E-state index in [1.807, 2.05) is 24.3 Å². The van der Waals surface area contributed by atoms with E-state index in [2.05, 4.69) is 12.2 Å². The number of hydrogen-bond donors (Lipinski definition) is 2. The van der Waals surface area contributed by atoms with Gasteiger partial charge in [-0.3, -0.25) is 4.79 Å². The number of aliphatic carboxylic acids is 1. The SMILES string of the molecule is CCCc1ccc(NC(=O)CO[C@H](C)C(=O)O)cc1. The van der Waals surface area contributed by atoms with Gasteiger partial charge >= 0.3 is 5.97 Å². The van der Waals surface area contributed by atoms with Crippen LogP contribution in [0.1, 0.15) is 25.8 Å². The first-order valence-electron chi connectivity index (χ1n) is 6.26. The quantitative estimate of drug-likeness (QED) is 0.791. The number of carbonyl (C=O) groups excluding carboxylic acids is 1. The van der Waals surface area contributed by atoms with E-state index in [9.17, 15) is 9.59 Å². The lowest BCUT2D eigenvalue weighted by molar-refractivity contribution is -0.150. The molecule has 0 aliphatic heterocycles. The number of carboxylic acid groups (broad SMARTS) is 1. The van der Waals surface area contributed by atoms with Crippen LogP contribution < -0.4 is 5.32 Å². The summed E-state index contributed by atoms with van der Waals surface area (Å²) in [6, 6.07) is 7.56. The smallest absolute Gasteiger partial charge is 0.332 e. The summed E-state index contributed by atoms with van der Waals surface area (Å²) in [7, 11) is 0. The first-order chi connectivity index (χ1) is 9.02. The molecule has 0 saturated heterocycles. The maximum Gasteiger partial charge on any atom is 0.332 e. The number of aryl methyl sites for hydroxylation is 1. The van der Waals surface area contributed by atoms with E-state index < -0.39 is 12.1 Å². The fourth-order valence-electron chi connectivity index (χ4n) is 1.51. The van der Waals surface area contributed by atoms with Crippen LogP contribution in [-0.4, -0.2) is 29.7 Å². The molecule has 19 heavy (non-hydrogen) atoms. The van der Waals surface area contributed by atoms with Crippen molar-refractivity contribution in [2.75, 3.05) is 11.9 Å². The number of rotatable bonds is 7. The molecule has 0 aromatic heterocycles. The summed E-state index contributed by atoms with van der Waals surface area (Å²) < 4.78 is 4.89. The van der Waals surface area contributed by atoms with Gasteiger partial charge in [-0.25, -0.2) is 4.79 Å². The first kappa shape index (κ1) is 15.2. The summed E-state index contributed by atoms with van der Waals surface area (Å²) in [5.41, 5.74) is 1.90. The monoisotopic (exact) mass is 265 g/mol. The van der Waals surface area contributed by atoms with Crippen LogP contribution in [-0.2, 0) is 20.7 Å². The van der Waals surface area contributed by atoms with Crippen LogP contribution in [0.2, 0.25) is 0 Å². The average molecular weight is 265 g/mol. The van der Waals surface area contributed by atoms with Crippen LogP contribution in [0.3, 0.4) is 0 Å². The lowest BCUT2D eigenvalue weighted by atomic mass is 10.1. The van der Waals surface area contributed by atoms with Crippen molar-refractivity contribution >= 4 is 17.6 Å². The van der Waals surface area contributed by atoms with Gasteiger partial charge in [0.1, 0.15) is 6.61 Å². The van der Waals surface area contributed by atoms with E-state index in [4.69, 9.17) is 9.84 Å². The summed E-state index contributed by atoms with van der Waals surface area (Å²) >= 11 is 0. The number of carbonyl (C=O) groups is 2. The second-order valence-electron chi connectivity index (χ2n) is 4.29. The summed E-state index contributed by atoms with van der Waals surface area (Å²) in [5, 5.41) is 11.3. The van der Waals surface area contributed by atoms with Gasteiger partial charge in [0.15, 0.2) is 6.10 Å². The number of carboxylic acids is 1. The average Bonchev–Trinajstić information content (AvgIpc) is 2.38. The van der Waals surface area contributed by atoms with Gasteiger partial charge in [-0.15, -0.1) is 0 Å². The minimum atomic E-state index is -1.09. The third-order valence-electron chi connectivity index (χ3n) is 2.59. The zero-order valence-corrected chi connectivity index (χ0v) is 11.2. The Kier molecular flexibility index (Phi) is 6.02. The van der Waals surface area contributed by atoms with Crippen LogP contribution in [0.5, 0.6) is 0 Å². The number of benzene rings is 1. The van der Waals surface area contributed by atoms with Crippen molar-refractivity contribution in [3.63, 3.8) is 0 Å². The van der Waals surface area contributed by atoms with Crippen molar-refractivity contribution in [3.8, 4) is 0 Å². The van der Waals surface area contributed by atoms with Gasteiger partial charge in [-0.05, 0) is 31.0 Å². The molecule has 1 aromatic rings. The van der Waals surface area contributed by atoms with E-state index in [0.29, 0.717) is 5.69 Å². The van der Waals surface area contributed by atoms with Crippen molar-refractivity contribution in [1.29, 1.82) is 0 Å². The van der Waals surface area contributed by atoms with Crippen LogP contribution in [0.15, 0.2) is 24.3 Å². The molecular formula is C14H19NO4. The van der Waals surface area contributed by atoms with Gasteiger partial charge in [0, 0.05) is 5.69 Å². The fourth-order valence-corrected chi connectivity index (χ4v) is 1.51. The molecule has 0 heterocycles. The molecule has 0 spiro atoms. The number of anilines is 1. The van der Waals surface area contributed by atoms with Crippen LogP contribution in [0.4, 0.5) is 5.69 Å². The van der Waals surface area contributed by atoms with Gasteiger partial charge in [0.2, 0.25) is 5.91 Å². The highest BCUT2D eigenvalue weighted by Crippen LogP contribution is 2.11. The molecular weight excluding hydrogens is 246 g/mol. The van der Waals surface area contributed by atoms with Crippen LogP contribution in [0.25, 0.3) is 0 Å². The summed E-state index contributed by atoms with van der Waals surface area (Å²) in [6.07, 6.45) is 1.10. The molecule has 1 rings (SSSR count). The third kappa shape index (κ3) is 5.52. The molecule has 1 amide bonds. The second kappa shape index (κ2) is 7.53. The Bertz CT molecular complexity index is 428. The summed E-state index contributed by atoms with van der Waals surface area (Å²) in [5.74, 6) is -1.45. The molecule has 0 aliphatic rings. The molecule has 1 aromatic carbocycles. The molecule has 1 atom stereocenters. The lowest BCUT2D eigenvalue weighted by Crippen LogP contribution is -2.26. The molecule has 0 saturated carbocycles. The standard InChI is InChI=1S/C14H19NO4/c1-3-4-11-5-7-12(8-6-11)15-13(16)9-19-10(2)14(17)18/h5-8,10H,3-4,9H2,1-2H3,(H,15,16)(H,17,18)/t10-/m1/s1. The topological polar surface area (TPSA) is 75.6 Å². The predicted molar refractivity (Wildman–Crippen MR) is 72.1 cm³/mol. The number of nitrogens with one attached hydrogen (secondary N) is 1. The van der Waals surface area contributed by atoms with Crippen LogP contribution >= 0.6 is 0 Å². The molecule has 0 bridgehead atoms. The fraction of sp³-hybridized carbons (Fsp3) is 0.429. The Morgan fingerprint density at radius 1 is 1.32 bits per heavy atom. The Hall–Kier alpha value is -1.88. The Morgan fingerprint density at radius 2 is 1.95 bits per heavy atom. The molecule has 2 N–H and O–H groups in total. The highest BCUT2D eigenvalue weighted by atomic mass is 16.5. The second-order valence-corrected chi connectivity index (χ2v) is 4.29. The van der Waals surface area contributed by atoms with Crippen molar-refractivity contribution < 1.29 is 19.4 Å². The number of hydrogen-bond acceptors (Lipinski definition) is 3. The molecule has 0 fully saturated rings. The minimum Gasteiger partial charge on any atom is -0.479 e. The lowest BCUT2D eigenvalue weighted by Gasteiger charge is -2.09. The van der Waals surface area contributed by atoms with E-state index in [1.54, 1.807) is 0 Å². The highest BCUT2D eigenvalue weighted by Gasteiger charge is 2.13. The summed E-state index contributed by atoms with van der Waals surface area (Å²) in [4.78, 5) is 22.0. The molecule has 0 aliphatic carbocycles. The van der Waals surface area contributed by atoms with Gasteiger partial charge in [0.25, 0.3) is 0 Å². The van der Waals surface area contributed by atoms with E-state index in [1.165, 1.54) is 12.5 Å². The first-order valence-corrected chi connectivity index (χ1v) is 6.26. The van der Waals surface area contributed by atoms with E-state index in [0.717, 1.165) is 12.8 Å². The van der Waals surface area contributed by atoms with Gasteiger partial charge in [-0.1, -0.05) is 25.5 Å². The largest absolute Gasteiger partial charge is 0.479 e. The Balaban J connectivity index is 2.41. The maximum absolute atomic E-state index is 11.5. The molecule has 104 valence electrons. The minimum absolute atomic E-state index is 0.274. The number of ether oxygens (including phenoxy) is 1. The zero-order chi connectivity index (χ0) is 14.3. The summed E-state index contributed by atoms with van der Waals surface area (Å²) in [6.45, 7) is 3.22. The third-order valence-corrected chi connectivity index (χ3v) is 2.59. The van der Waals surface area contributed by atoms with E-state index >= 15 is 0 Å². The highest BCUT2D eigenvalue weighted by molar-refractivity contribution is 5.91. The van der Waals surface area contributed by atoms with Crippen LogP contribution in [0, 0.1) is 0 Å². The Morgan fingerprint density at radius 3 is 2.47 bits per heavy atom. The molecule has 0 radical (unpaired) electrons. The zero-order valence-electron chi connectivity index (χ0n) is 11.2. The Labute approximate surface area is 112 Å². The van der Waals surface area contributed by atoms with Crippen molar-refractivity contribution in [3.05, 3.63) is 29.8 Å². The molecule has 0 unspecified atom stereocenters. The van der Waals surface area contributed by atoms with Gasteiger partial charge < -0.3 is 15.2 Å².